The maximum Gasteiger partial charge on any atom is 0.407 e. The van der Waals surface area contributed by atoms with E-state index in [0.717, 1.165) is 63.7 Å². The zero-order chi connectivity index (χ0) is 44.4. The van der Waals surface area contributed by atoms with Crippen LogP contribution in [0.15, 0.2) is 73.1 Å². The van der Waals surface area contributed by atoms with Crippen LogP contribution < -0.4 is 10.6 Å². The van der Waals surface area contributed by atoms with Crippen molar-refractivity contribution in [3.63, 3.8) is 0 Å². The molecule has 2 aromatic heterocycles. The summed E-state index contributed by atoms with van der Waals surface area (Å²) in [5.74, 6) is 0.498. The second kappa shape index (κ2) is 18.2. The Morgan fingerprint density at radius 1 is 0.667 bits per heavy atom. The number of alkyl carbamates (subject to hydrolysis) is 2. The van der Waals surface area contributed by atoms with Gasteiger partial charge < -0.3 is 39.9 Å². The number of ether oxygens (including phenoxy) is 2. The first-order valence-corrected chi connectivity index (χ1v) is 23.4. The predicted octanol–water partition coefficient (Wildman–Crippen LogP) is 6.54. The smallest absolute Gasteiger partial charge is 0.407 e. The van der Waals surface area contributed by atoms with Crippen molar-refractivity contribution >= 4 is 44.6 Å². The minimum Gasteiger partial charge on any atom is -0.453 e. The fourth-order valence-corrected chi connectivity index (χ4v) is 10.8. The number of fused-ring (bicyclic) bond motifs is 1. The number of sulfone groups is 1. The number of H-pyrrole nitrogens is 2. The van der Waals surface area contributed by atoms with Crippen molar-refractivity contribution in [2.24, 2.45) is 11.8 Å². The highest BCUT2D eigenvalue weighted by Crippen LogP contribution is 2.36. The number of nitrogens with one attached hydrogen (secondary N) is 4. The molecule has 2 unspecified atom stereocenters. The second-order valence-corrected chi connectivity index (χ2v) is 19.4. The van der Waals surface area contributed by atoms with Crippen molar-refractivity contribution in [1.82, 2.24) is 40.4 Å². The molecule has 0 radical (unpaired) electrons. The third kappa shape index (κ3) is 9.29. The highest BCUT2D eigenvalue weighted by molar-refractivity contribution is 7.91. The number of hydrogen-bond donors (Lipinski definition) is 4. The van der Waals surface area contributed by atoms with E-state index >= 15 is 0 Å². The number of methoxy groups -OCH3 is 2. The molecule has 0 bridgehead atoms. The Bertz CT molecular complexity index is 2590. The summed E-state index contributed by atoms with van der Waals surface area (Å²) in [6.45, 7) is 4.88. The Morgan fingerprint density at radius 2 is 1.16 bits per heavy atom. The largest absolute Gasteiger partial charge is 0.453 e. The normalized spacial score (nSPS) is 19.8. The highest BCUT2D eigenvalue weighted by atomic mass is 32.2. The van der Waals surface area contributed by atoms with Crippen molar-refractivity contribution in [1.29, 1.82) is 0 Å². The van der Waals surface area contributed by atoms with Crippen LogP contribution in [-0.2, 0) is 28.9 Å². The van der Waals surface area contributed by atoms with Gasteiger partial charge in [0.25, 0.3) is 0 Å². The van der Waals surface area contributed by atoms with Gasteiger partial charge in [0.2, 0.25) is 11.8 Å². The number of amides is 4. The Kier molecular flexibility index (Phi) is 12.6. The molecule has 4 N–H and O–H groups in total. The Morgan fingerprint density at radius 3 is 1.73 bits per heavy atom. The van der Waals surface area contributed by atoms with Gasteiger partial charge in [0, 0.05) is 18.7 Å². The maximum absolute atomic E-state index is 14.0. The number of carbonyl (C=O) groups excluding carboxylic acids is 4. The molecule has 16 nitrogen and oxygen atoms in total. The van der Waals surface area contributed by atoms with Crippen LogP contribution in [0, 0.1) is 11.8 Å². The molecule has 0 spiro atoms. The summed E-state index contributed by atoms with van der Waals surface area (Å²) in [5.41, 5.74) is 5.69. The van der Waals surface area contributed by atoms with Crippen LogP contribution in [-0.4, -0.2) is 113 Å². The van der Waals surface area contributed by atoms with E-state index in [0.29, 0.717) is 44.0 Å². The number of likely N-dealkylation sites (tertiary alicyclic amines) is 2. The molecule has 4 amide bonds. The maximum atomic E-state index is 14.0. The average molecular weight is 879 g/mol. The van der Waals surface area contributed by atoms with Crippen molar-refractivity contribution in [2.45, 2.75) is 76.5 Å². The van der Waals surface area contributed by atoms with Crippen LogP contribution >= 0.6 is 0 Å². The van der Waals surface area contributed by atoms with Crippen LogP contribution in [0.25, 0.3) is 44.4 Å². The van der Waals surface area contributed by atoms with Crippen LogP contribution in [0.3, 0.4) is 0 Å². The number of aromatic nitrogens is 4. The van der Waals surface area contributed by atoms with Gasteiger partial charge in [-0.05, 0) is 90.0 Å². The second-order valence-electron chi connectivity index (χ2n) is 17.1. The van der Waals surface area contributed by atoms with Gasteiger partial charge in [0.15, 0.2) is 0 Å². The Balaban J connectivity index is 0.934. The number of imidazole rings is 2. The van der Waals surface area contributed by atoms with Crippen molar-refractivity contribution in [3.05, 3.63) is 84.7 Å². The van der Waals surface area contributed by atoms with Crippen molar-refractivity contribution in [2.75, 3.05) is 38.8 Å². The SMILES string of the molecule is COC(=O)NC(C(=O)N1CCCC1c1ncc(-c2ccc(-c3ccc4cc(-c5cnc([C@@H]6CCCN6C(=O)[C@@H](NC(=O)OC)C(C)C)[nH]5)ccc4c3)cc2)[nH]1)C1CCS(=O)(=O)CC1. The summed E-state index contributed by atoms with van der Waals surface area (Å²) in [7, 11) is -0.630. The summed E-state index contributed by atoms with van der Waals surface area (Å²) >= 11 is 0. The average Bonchev–Trinajstić information content (AvgIpc) is 4.14. The molecule has 4 atom stereocenters. The third-order valence-corrected chi connectivity index (χ3v) is 14.5. The highest BCUT2D eigenvalue weighted by Gasteiger charge is 2.42. The Hall–Kier alpha value is -6.23. The van der Waals surface area contributed by atoms with E-state index in [1.54, 1.807) is 16.0 Å². The molecular formula is C46H54N8O8S. The summed E-state index contributed by atoms with van der Waals surface area (Å²) in [6.07, 6.45) is 5.89. The first-order chi connectivity index (χ1) is 30.3. The molecule has 3 saturated heterocycles. The van der Waals surface area contributed by atoms with Gasteiger partial charge in [-0.2, -0.15) is 0 Å². The first-order valence-electron chi connectivity index (χ1n) is 21.6. The van der Waals surface area contributed by atoms with E-state index in [-0.39, 0.29) is 47.2 Å². The molecule has 63 heavy (non-hydrogen) atoms. The lowest BCUT2D eigenvalue weighted by Gasteiger charge is -2.34. The minimum atomic E-state index is -3.16. The first kappa shape index (κ1) is 43.4. The van der Waals surface area contributed by atoms with Crippen molar-refractivity contribution < 1.29 is 37.1 Å². The van der Waals surface area contributed by atoms with Crippen LogP contribution in [0.2, 0.25) is 0 Å². The van der Waals surface area contributed by atoms with E-state index < -0.39 is 34.1 Å². The summed E-state index contributed by atoms with van der Waals surface area (Å²) in [6, 6.07) is 18.7. The van der Waals surface area contributed by atoms with E-state index in [1.165, 1.54) is 14.2 Å². The molecule has 0 saturated carbocycles. The predicted molar refractivity (Wildman–Crippen MR) is 237 cm³/mol. The van der Waals surface area contributed by atoms with Gasteiger partial charge in [-0.25, -0.2) is 28.0 Å². The standard InChI is InChI=1S/C46H54N8O8S/c1-27(2)39(51-45(57)61-3)43(55)53-19-5-7-37(53)42-48-26-36(50-42)34-16-15-32-23-31(13-14-33(32)24-34)28-9-11-29(12-10-28)35-25-47-41(49-35)38-8-6-20-54(38)44(56)40(52-46(58)62-4)30-17-21-63(59,60)22-18-30/h9-16,23-27,30,37-40H,5-8,17-22H2,1-4H3,(H,47,49)(H,48,50)(H,51,57)(H,52,58)/t37-,38?,39-,40?/m0/s1. The van der Waals surface area contributed by atoms with Gasteiger partial charge in [-0.3, -0.25) is 9.59 Å². The number of nitrogens with zero attached hydrogens (tertiary/aromatic N) is 4. The van der Waals surface area contributed by atoms with Gasteiger partial charge in [0.05, 0.1) is 61.6 Å². The summed E-state index contributed by atoms with van der Waals surface area (Å²) in [4.78, 5) is 71.8. The molecule has 3 fully saturated rings. The number of benzene rings is 3. The fourth-order valence-electron chi connectivity index (χ4n) is 9.24. The molecule has 3 aliphatic rings. The Labute approximate surface area is 366 Å². The molecule has 3 aromatic carbocycles. The lowest BCUT2D eigenvalue weighted by molar-refractivity contribution is -0.136. The summed E-state index contributed by atoms with van der Waals surface area (Å²) < 4.78 is 33.8. The number of carbonyl (C=O) groups is 4. The van der Waals surface area contributed by atoms with Crippen LogP contribution in [0.5, 0.6) is 0 Å². The molecule has 3 aliphatic heterocycles. The topological polar surface area (TPSA) is 209 Å². The number of hydrogen-bond acceptors (Lipinski definition) is 10. The lowest BCUT2D eigenvalue weighted by atomic mass is 9.92. The van der Waals surface area contributed by atoms with Crippen LogP contribution in [0.1, 0.15) is 76.1 Å². The van der Waals surface area contributed by atoms with E-state index in [2.05, 4.69) is 69.1 Å². The molecular weight excluding hydrogens is 825 g/mol. The molecule has 0 aliphatic carbocycles. The van der Waals surface area contributed by atoms with Gasteiger partial charge >= 0.3 is 12.2 Å². The zero-order valence-electron chi connectivity index (χ0n) is 35.9. The fraction of sp³-hybridized carbons (Fsp3) is 0.435. The van der Waals surface area contributed by atoms with Crippen molar-refractivity contribution in [3.8, 4) is 33.6 Å². The number of rotatable bonds is 11. The molecule has 17 heteroatoms. The minimum absolute atomic E-state index is 0.0163. The third-order valence-electron chi connectivity index (χ3n) is 12.8. The molecule has 5 heterocycles. The molecule has 8 rings (SSSR count). The van der Waals surface area contributed by atoms with E-state index in [1.807, 2.05) is 32.2 Å². The lowest BCUT2D eigenvalue weighted by Crippen LogP contribution is -2.53. The van der Waals surface area contributed by atoms with E-state index in [9.17, 15) is 27.6 Å². The van der Waals surface area contributed by atoms with Gasteiger partial charge in [0.1, 0.15) is 33.6 Å². The zero-order valence-corrected chi connectivity index (χ0v) is 36.7. The van der Waals surface area contributed by atoms with Crippen LogP contribution in [0.4, 0.5) is 9.59 Å². The van der Waals surface area contributed by atoms with Gasteiger partial charge in [-0.15, -0.1) is 0 Å². The summed E-state index contributed by atoms with van der Waals surface area (Å²) in [5, 5.41) is 7.55. The quantitative estimate of drug-likeness (QED) is 0.113. The van der Waals surface area contributed by atoms with E-state index in [4.69, 9.17) is 19.4 Å². The monoisotopic (exact) mass is 878 g/mol. The molecule has 332 valence electrons. The number of aromatic amines is 2. The van der Waals surface area contributed by atoms with Gasteiger partial charge in [-0.1, -0.05) is 62.4 Å². The molecule has 5 aromatic rings.